The van der Waals surface area contributed by atoms with E-state index in [2.05, 4.69) is 44.9 Å². The summed E-state index contributed by atoms with van der Waals surface area (Å²) in [6.07, 6.45) is 3.37. The van der Waals surface area contributed by atoms with E-state index in [1.54, 1.807) is 47.0 Å². The van der Waals surface area contributed by atoms with Crippen LogP contribution in [0.2, 0.25) is 0 Å². The molecule has 0 atom stereocenters. The number of aromatic nitrogens is 3. The number of anilines is 2. The van der Waals surface area contributed by atoms with E-state index in [-0.39, 0.29) is 0 Å². The van der Waals surface area contributed by atoms with Gasteiger partial charge in [-0.2, -0.15) is 0 Å². The zero-order chi connectivity index (χ0) is 17.1. The van der Waals surface area contributed by atoms with E-state index in [0.717, 1.165) is 37.2 Å². The number of nitrogens with one attached hydrogen (secondary N) is 1. The van der Waals surface area contributed by atoms with Crippen molar-refractivity contribution < 1.29 is 4.42 Å². The first-order valence-corrected chi connectivity index (χ1v) is 10.2. The summed E-state index contributed by atoms with van der Waals surface area (Å²) >= 11 is 4.81. The highest BCUT2D eigenvalue weighted by atomic mass is 32.2. The molecule has 4 rings (SSSR count). The maximum Gasteiger partial charge on any atom is 0.210 e. The largest absolute Gasteiger partial charge is 0.472 e. The van der Waals surface area contributed by atoms with E-state index in [1.165, 1.54) is 5.56 Å². The predicted octanol–water partition coefficient (Wildman–Crippen LogP) is 5.60. The number of hydrogen-bond acceptors (Lipinski definition) is 8. The molecule has 0 unspecified atom stereocenters. The molecule has 0 radical (unpaired) electrons. The van der Waals surface area contributed by atoms with Gasteiger partial charge in [-0.1, -0.05) is 35.2 Å². The van der Waals surface area contributed by atoms with Crippen LogP contribution in [0.4, 0.5) is 10.8 Å². The molecule has 0 bridgehead atoms. The summed E-state index contributed by atoms with van der Waals surface area (Å²) < 4.78 is 6.03. The summed E-state index contributed by atoms with van der Waals surface area (Å²) in [5.74, 6) is 0.771. The molecule has 3 aromatic heterocycles. The third-order valence-corrected chi connectivity index (χ3v) is 6.28. The Morgan fingerprint density at radius 3 is 3.04 bits per heavy atom. The third kappa shape index (κ3) is 4.09. The fraction of sp³-hybridized carbons (Fsp3) is 0.118. The van der Waals surface area contributed by atoms with E-state index in [0.29, 0.717) is 0 Å². The summed E-state index contributed by atoms with van der Waals surface area (Å²) in [5, 5.41) is 15.6. The predicted molar refractivity (Wildman–Crippen MR) is 104 cm³/mol. The van der Waals surface area contributed by atoms with Crippen molar-refractivity contribution in [1.82, 2.24) is 15.2 Å². The number of thiazole rings is 1. The van der Waals surface area contributed by atoms with Gasteiger partial charge in [0.2, 0.25) is 5.13 Å². The van der Waals surface area contributed by atoms with Crippen molar-refractivity contribution >= 4 is 45.3 Å². The first-order chi connectivity index (χ1) is 12.3. The fourth-order valence-corrected chi connectivity index (χ4v) is 4.77. The maximum absolute atomic E-state index is 5.10. The van der Waals surface area contributed by atoms with Gasteiger partial charge in [0.05, 0.1) is 12.0 Å². The SMILES string of the molecule is Cc1cccc(Nc2nnc(SCc3csc(-c4ccoc4)n3)s2)c1. The van der Waals surface area contributed by atoms with E-state index in [9.17, 15) is 0 Å². The first kappa shape index (κ1) is 16.3. The fourth-order valence-electron chi connectivity index (χ4n) is 2.19. The van der Waals surface area contributed by atoms with Gasteiger partial charge in [-0.05, 0) is 30.7 Å². The number of benzene rings is 1. The molecular weight excluding hydrogens is 372 g/mol. The van der Waals surface area contributed by atoms with Gasteiger partial charge in [0, 0.05) is 22.4 Å². The molecule has 0 spiro atoms. The summed E-state index contributed by atoms with van der Waals surface area (Å²) in [6, 6.07) is 10.1. The van der Waals surface area contributed by atoms with Crippen molar-refractivity contribution in [3.63, 3.8) is 0 Å². The Bertz CT molecular complexity index is 962. The summed E-state index contributed by atoms with van der Waals surface area (Å²) in [4.78, 5) is 4.63. The van der Waals surface area contributed by atoms with Crippen LogP contribution >= 0.6 is 34.4 Å². The van der Waals surface area contributed by atoms with Crippen LogP contribution in [-0.4, -0.2) is 15.2 Å². The van der Waals surface area contributed by atoms with Crippen LogP contribution in [0.5, 0.6) is 0 Å². The minimum Gasteiger partial charge on any atom is -0.472 e. The Labute approximate surface area is 157 Å². The molecule has 1 N–H and O–H groups in total. The van der Waals surface area contributed by atoms with Gasteiger partial charge < -0.3 is 9.73 Å². The summed E-state index contributed by atoms with van der Waals surface area (Å²) in [7, 11) is 0. The van der Waals surface area contributed by atoms with Gasteiger partial charge in [-0.3, -0.25) is 0 Å². The van der Waals surface area contributed by atoms with Gasteiger partial charge in [-0.15, -0.1) is 21.5 Å². The van der Waals surface area contributed by atoms with Crippen molar-refractivity contribution in [2.45, 2.75) is 17.0 Å². The van der Waals surface area contributed by atoms with Crippen molar-refractivity contribution in [2.75, 3.05) is 5.32 Å². The van der Waals surface area contributed by atoms with Gasteiger partial charge in [-0.25, -0.2) is 4.98 Å². The van der Waals surface area contributed by atoms with Crippen molar-refractivity contribution in [2.24, 2.45) is 0 Å². The lowest BCUT2D eigenvalue weighted by Crippen LogP contribution is -1.89. The van der Waals surface area contributed by atoms with Crippen LogP contribution < -0.4 is 5.32 Å². The molecule has 8 heteroatoms. The van der Waals surface area contributed by atoms with Crippen LogP contribution in [0.1, 0.15) is 11.3 Å². The highest BCUT2D eigenvalue weighted by molar-refractivity contribution is 8.00. The number of furan rings is 1. The van der Waals surface area contributed by atoms with Crippen molar-refractivity contribution in [3.8, 4) is 10.6 Å². The molecule has 0 amide bonds. The second kappa shape index (κ2) is 7.38. The lowest BCUT2D eigenvalue weighted by molar-refractivity contribution is 0.568. The van der Waals surface area contributed by atoms with Gasteiger partial charge in [0.1, 0.15) is 11.3 Å². The quantitative estimate of drug-likeness (QED) is 0.435. The first-order valence-electron chi connectivity index (χ1n) is 7.53. The number of nitrogens with zero attached hydrogens (tertiary/aromatic N) is 3. The van der Waals surface area contributed by atoms with Crippen LogP contribution in [0, 0.1) is 6.92 Å². The zero-order valence-electron chi connectivity index (χ0n) is 13.3. The Morgan fingerprint density at radius 2 is 2.20 bits per heavy atom. The van der Waals surface area contributed by atoms with Crippen molar-refractivity contribution in [1.29, 1.82) is 0 Å². The number of hydrogen-bond donors (Lipinski definition) is 1. The lowest BCUT2D eigenvalue weighted by atomic mass is 10.2. The van der Waals surface area contributed by atoms with Gasteiger partial charge in [0.15, 0.2) is 4.34 Å². The molecule has 0 aliphatic carbocycles. The average Bonchev–Trinajstić information content (AvgIpc) is 3.34. The molecule has 0 aliphatic rings. The third-order valence-electron chi connectivity index (χ3n) is 3.34. The topological polar surface area (TPSA) is 63.8 Å². The van der Waals surface area contributed by atoms with Crippen LogP contribution in [0.3, 0.4) is 0 Å². The molecule has 0 saturated heterocycles. The van der Waals surface area contributed by atoms with Crippen LogP contribution in [0.15, 0.2) is 57.0 Å². The van der Waals surface area contributed by atoms with Gasteiger partial charge in [0.25, 0.3) is 0 Å². The molecule has 1 aromatic carbocycles. The van der Waals surface area contributed by atoms with E-state index < -0.39 is 0 Å². The second-order valence-corrected chi connectivity index (χ2v) is 8.37. The number of rotatable bonds is 6. The van der Waals surface area contributed by atoms with Crippen LogP contribution in [-0.2, 0) is 5.75 Å². The number of aryl methyl sites for hydroxylation is 1. The Morgan fingerprint density at radius 1 is 1.24 bits per heavy atom. The molecule has 3 heterocycles. The molecule has 126 valence electrons. The Hall–Kier alpha value is -2.16. The Balaban J connectivity index is 1.37. The second-order valence-electron chi connectivity index (χ2n) is 5.31. The molecular formula is C17H14N4OS3. The molecule has 25 heavy (non-hydrogen) atoms. The van der Waals surface area contributed by atoms with Gasteiger partial charge >= 0.3 is 0 Å². The molecule has 0 fully saturated rings. The maximum atomic E-state index is 5.10. The molecule has 4 aromatic rings. The minimum atomic E-state index is 0.771. The zero-order valence-corrected chi connectivity index (χ0v) is 15.8. The highest BCUT2D eigenvalue weighted by Crippen LogP contribution is 2.31. The van der Waals surface area contributed by atoms with Crippen molar-refractivity contribution in [3.05, 3.63) is 59.5 Å². The smallest absolute Gasteiger partial charge is 0.210 e. The molecule has 0 aliphatic heterocycles. The summed E-state index contributed by atoms with van der Waals surface area (Å²) in [6.45, 7) is 2.07. The number of thioether (sulfide) groups is 1. The van der Waals surface area contributed by atoms with E-state index in [1.807, 2.05) is 18.2 Å². The normalized spacial score (nSPS) is 10.9. The highest BCUT2D eigenvalue weighted by Gasteiger charge is 2.09. The van der Waals surface area contributed by atoms with E-state index >= 15 is 0 Å². The standard InChI is InChI=1S/C17H14N4OS3/c1-11-3-2-4-13(7-11)19-16-20-21-17(25-16)24-10-14-9-23-15(18-14)12-5-6-22-8-12/h2-9H,10H2,1H3,(H,19,20). The average molecular weight is 387 g/mol. The van der Waals surface area contributed by atoms with E-state index in [4.69, 9.17) is 4.42 Å². The summed E-state index contributed by atoms with van der Waals surface area (Å²) in [5.41, 5.74) is 4.29. The minimum absolute atomic E-state index is 0.771. The molecule has 0 saturated carbocycles. The molecule has 5 nitrogen and oxygen atoms in total. The van der Waals surface area contributed by atoms with Crippen LogP contribution in [0.25, 0.3) is 10.6 Å². The monoisotopic (exact) mass is 386 g/mol. The Kier molecular flexibility index (Phi) is 4.82. The lowest BCUT2D eigenvalue weighted by Gasteiger charge is -2.01.